The fraction of sp³-hybridized carbons (Fsp3) is 0.283. The van der Waals surface area contributed by atoms with Crippen LogP contribution in [0.3, 0.4) is 0 Å². The molecule has 4 radical (unpaired) electrons. The Hall–Kier alpha value is -14.5. The van der Waals surface area contributed by atoms with E-state index in [-0.39, 0.29) is 36.9 Å². The number of carbonyl (C=O) groups is 10. The fourth-order valence-electron chi connectivity index (χ4n) is 6.32. The highest BCUT2D eigenvalue weighted by molar-refractivity contribution is 6.65. The van der Waals surface area contributed by atoms with E-state index in [1.54, 1.807) is 15.0 Å². The number of aromatic amines is 6. The van der Waals surface area contributed by atoms with E-state index in [1.165, 1.54) is 6.82 Å². The Morgan fingerprint density at radius 1 is 0.403 bits per heavy atom. The van der Waals surface area contributed by atoms with E-state index in [0.29, 0.717) is 100 Å². The van der Waals surface area contributed by atoms with Crippen molar-refractivity contribution < 1.29 is 138 Å². The van der Waals surface area contributed by atoms with E-state index >= 15 is 0 Å². The van der Waals surface area contributed by atoms with Gasteiger partial charge in [0.25, 0.3) is 75.5 Å². The average molecular weight is 1710 g/mol. The van der Waals surface area contributed by atoms with Crippen molar-refractivity contribution >= 4 is 97.3 Å². The summed E-state index contributed by atoms with van der Waals surface area (Å²) < 4.78 is 111. The first-order valence-electron chi connectivity index (χ1n) is 30.8. The van der Waals surface area contributed by atoms with Crippen molar-refractivity contribution in [2.24, 2.45) is 0 Å². The zero-order valence-electron chi connectivity index (χ0n) is 59.9. The van der Waals surface area contributed by atoms with Crippen LogP contribution in [0.4, 0.5) is 35.5 Å². The zero-order valence-corrected chi connectivity index (χ0v) is 59.9. The molecule has 54 nitrogen and oxygen atoms in total. The second-order valence-electron chi connectivity index (χ2n) is 20.1. The molecule has 18 N–H and O–H groups in total. The smallest absolute Gasteiger partial charge is 0.480 e. The topological polar surface area (TPSA) is 791 Å². The van der Waals surface area contributed by atoms with Crippen LogP contribution >= 0.6 is 0 Å². The molecule has 66 heteroatoms. The number of aliphatic carboxylic acids is 1. The molecule has 0 spiro atoms. The standard InChI is InChI=1S/C13H17B2FN3O8.2C8H8BFN3O5.C6H7FN2O4.2C5H5FN2O3.C4H3FN2O2.C3H5BNO3.CH2O3/c1-15(25)3-2-10(21)26-7-18-5-9(16)12(23)19(13(18)24)8-27-11(22)4-17-14-6-20;10-5-2-13(8(17)12-7(5)16)4-18-6(15)1-11-9-3-14;10-5-1-11-8(17)13(7(5)16)4-18-6(15)2-12-9-3-14;7-4-1-8(2-10)6(13)9(3-11)5(4)12;6-3-1-8(2-9)5(11)7-4(3)10;6-3-1-7-5(11)8(2-9)4(3)10;5-2-1-6-4(9)7-3(2)8;6-2-4-5-1-3(7)8;2-1(3)4/h5-6,17,25H,2-4,7-8H2,1H3;2-3,11H,1,4H2,(H,12,16,17);1,3,12H,2,4H2,(H,11,17);1,10-11H,2-3H2;1,9H,2H2,(H,7,10,11);1,9H,2H2,(H,7,11);1H,(H2,6,7,8,9);2,5H,1H2,(H,7,8);(H2,2,3,4). The van der Waals surface area contributed by atoms with Gasteiger partial charge >= 0.3 is 75.8 Å². The van der Waals surface area contributed by atoms with Crippen LogP contribution in [0.5, 0.6) is 0 Å². The van der Waals surface area contributed by atoms with Crippen molar-refractivity contribution in [3.05, 3.63) is 230 Å². The lowest BCUT2D eigenvalue weighted by molar-refractivity contribution is -0.148. The molecule has 0 amide bonds. The Morgan fingerprint density at radius 3 is 1.14 bits per heavy atom. The lowest BCUT2D eigenvalue weighted by Crippen LogP contribution is -2.43. The van der Waals surface area contributed by atoms with Crippen molar-refractivity contribution in [2.75, 3.05) is 26.2 Å². The maximum absolute atomic E-state index is 13.7. The molecule has 119 heavy (non-hydrogen) atoms. The molecule has 7 aromatic heterocycles. The number of carboxylic acids is 1. The van der Waals surface area contributed by atoms with Crippen molar-refractivity contribution in [3.8, 4) is 0 Å². The van der Waals surface area contributed by atoms with Gasteiger partial charge in [-0.25, -0.2) is 56.6 Å². The number of carboxylic acid groups (broad SMARTS) is 3. The minimum absolute atomic E-state index is 0.114. The first kappa shape index (κ1) is 107. The van der Waals surface area contributed by atoms with Crippen LogP contribution in [0.2, 0.25) is 13.1 Å². The average Bonchev–Trinajstić information content (AvgIpc) is 0.818. The molecule has 0 saturated heterocycles. The summed E-state index contributed by atoms with van der Waals surface area (Å²) in [5.74, 6) is -12.2. The summed E-state index contributed by atoms with van der Waals surface area (Å²) >= 11 is 0. The van der Waals surface area contributed by atoms with Gasteiger partial charge in [0.05, 0.1) is 75.7 Å². The van der Waals surface area contributed by atoms with Gasteiger partial charge in [0.1, 0.15) is 26.9 Å². The summed E-state index contributed by atoms with van der Waals surface area (Å²) in [7, 11) is 3.94. The number of nitrogens with one attached hydrogen (secondary N) is 10. The maximum atomic E-state index is 13.7. The summed E-state index contributed by atoms with van der Waals surface area (Å²) in [6, 6.07) is 0. The molecule has 0 atom stereocenters. The molecule has 0 unspecified atom stereocenters. The van der Waals surface area contributed by atoms with Crippen molar-refractivity contribution in [3.63, 3.8) is 0 Å². The number of aromatic nitrogens is 14. The maximum Gasteiger partial charge on any atom is 0.503 e. The number of halogens is 7. The molecule has 0 fully saturated rings. The molecular formula is C53H60B5F7N18O36. The summed E-state index contributed by atoms with van der Waals surface area (Å²) in [5.41, 5.74) is -14.3. The first-order valence-corrected chi connectivity index (χ1v) is 30.8. The number of aliphatic hydroxyl groups is 4. The summed E-state index contributed by atoms with van der Waals surface area (Å²) in [5, 5.41) is 74.0. The molecule has 7 rings (SSSR count). The first-order chi connectivity index (χ1) is 56.0. The van der Waals surface area contributed by atoms with Gasteiger partial charge in [0, 0.05) is 25.0 Å². The van der Waals surface area contributed by atoms with Gasteiger partial charge < -0.3 is 115 Å². The van der Waals surface area contributed by atoms with Gasteiger partial charge in [-0.05, 0) is 6.32 Å². The number of rotatable bonds is 31. The van der Waals surface area contributed by atoms with E-state index < -0.39 is 223 Å². The van der Waals surface area contributed by atoms with Gasteiger partial charge in [-0.15, -0.1) is 0 Å². The highest BCUT2D eigenvalue weighted by atomic mass is 19.2. The minimum Gasteiger partial charge on any atom is -0.480 e. The van der Waals surface area contributed by atoms with E-state index in [2.05, 4.69) is 35.1 Å². The summed E-state index contributed by atoms with van der Waals surface area (Å²) in [4.78, 5) is 266. The van der Waals surface area contributed by atoms with Gasteiger partial charge in [-0.1, -0.05) is 6.82 Å². The Labute approximate surface area is 651 Å². The molecule has 7 aromatic rings. The lowest BCUT2D eigenvalue weighted by atomic mass is 9.67. The Bertz CT molecular complexity index is 5460. The predicted octanol–water partition coefficient (Wildman–Crippen LogP) is -14.1. The highest BCUT2D eigenvalue weighted by Gasteiger charge is 2.17. The number of ether oxygens (including phenoxy) is 4. The third-order valence-electron chi connectivity index (χ3n) is 11.7. The quantitative estimate of drug-likeness (QED) is 0.00479. The van der Waals surface area contributed by atoms with Gasteiger partial charge in [0.15, 0.2) is 26.9 Å². The van der Waals surface area contributed by atoms with Crippen molar-refractivity contribution in [1.29, 1.82) is 0 Å². The number of carbonyl (C=O) groups excluding carboxylic acids is 8. The zero-order chi connectivity index (χ0) is 91.2. The molecule has 0 aliphatic carbocycles. The van der Waals surface area contributed by atoms with E-state index in [0.717, 1.165) is 29.7 Å². The van der Waals surface area contributed by atoms with E-state index in [1.807, 2.05) is 15.0 Å². The van der Waals surface area contributed by atoms with Gasteiger partial charge in [0.2, 0.25) is 40.7 Å². The molecule has 0 aromatic carbocycles. The molecule has 0 aliphatic rings. The molecular weight excluding hydrogens is 1650 g/mol. The number of nitrogens with zero attached hydrogens (tertiary/aromatic N) is 8. The molecule has 0 aliphatic heterocycles. The Kier molecular flexibility index (Phi) is 52.3. The van der Waals surface area contributed by atoms with Crippen LogP contribution in [-0.2, 0) is 116 Å². The van der Waals surface area contributed by atoms with Crippen LogP contribution in [0.15, 0.2) is 111 Å². The number of H-pyrrole nitrogens is 6. The second kappa shape index (κ2) is 58.4. The van der Waals surface area contributed by atoms with Crippen molar-refractivity contribution in [1.82, 2.24) is 87.4 Å². The third-order valence-corrected chi connectivity index (χ3v) is 11.7. The molecule has 7 heterocycles. The van der Waals surface area contributed by atoms with Crippen LogP contribution < -0.4 is 99.7 Å². The molecule has 0 saturated carbocycles. The molecule has 0 bridgehead atoms. The highest BCUT2D eigenvalue weighted by Crippen LogP contribution is 1.99. The van der Waals surface area contributed by atoms with Gasteiger partial charge in [-0.2, -0.15) is 30.7 Å². The lowest BCUT2D eigenvalue weighted by Gasteiger charge is -2.11. The molecule has 642 valence electrons. The van der Waals surface area contributed by atoms with Crippen molar-refractivity contribution in [2.45, 2.75) is 73.4 Å². The second-order valence-corrected chi connectivity index (χ2v) is 20.1. The largest absolute Gasteiger partial charge is 0.503 e. The monoisotopic (exact) mass is 1710 g/mol. The van der Waals surface area contributed by atoms with Crippen LogP contribution in [0.25, 0.3) is 0 Å². The Balaban J connectivity index is 0. The van der Waals surface area contributed by atoms with Gasteiger partial charge in [-0.3, -0.25) is 90.8 Å². The van der Waals surface area contributed by atoms with Crippen LogP contribution in [0.1, 0.15) is 6.42 Å². The summed E-state index contributed by atoms with van der Waals surface area (Å²) in [6.07, 6.45) is 4.33. The SMILES string of the molecule is CB(O)CCC(=O)OCn1cc(F)c(=O)n(COC(=O)CN[B]C=O)c1=O.O=C(O)O.O=C[B]NCC(=O)O.O=C[B]NCC(=O)OCn1c(=O)[nH]cc(F)c1=O.O=C[B]NCC(=O)OCn1cc(F)c(=O)[nH]c1=O.O=c1[nH]c(=O)n(CO)cc1F.O=c1[nH]cc(F)c(=O)[nH]1.O=c1[nH]cc(F)c(=O)n1CO.O=c1c(F)cn(CO)c(=O)n1CO. The van der Waals surface area contributed by atoms with E-state index in [9.17, 15) is 141 Å². The number of hydrogen-bond donors (Lipinski definition) is 18. The Morgan fingerprint density at radius 2 is 0.739 bits per heavy atom. The fourth-order valence-corrected chi connectivity index (χ4v) is 6.32. The van der Waals surface area contributed by atoms with Crippen LogP contribution in [-0.4, -0.2) is 231 Å². The summed E-state index contributed by atoms with van der Waals surface area (Å²) in [6.45, 7) is -6.40. The van der Waals surface area contributed by atoms with Crippen LogP contribution in [0, 0.1) is 40.7 Å². The number of esters is 4. The van der Waals surface area contributed by atoms with E-state index in [4.69, 9.17) is 50.3 Å². The number of aliphatic hydroxyl groups excluding tert-OH is 4. The minimum atomic E-state index is -1.83. The normalized spacial score (nSPS) is 9.72. The third kappa shape index (κ3) is 43.0. The number of hydrogen-bond acceptors (Lipinski definition) is 37. The predicted molar refractivity (Wildman–Crippen MR) is 379 cm³/mol.